The van der Waals surface area contributed by atoms with Crippen molar-refractivity contribution in [3.63, 3.8) is 0 Å². The predicted molar refractivity (Wildman–Crippen MR) is 91.2 cm³/mol. The van der Waals surface area contributed by atoms with Crippen molar-refractivity contribution in [3.05, 3.63) is 53.0 Å². The fraction of sp³-hybridized carbons (Fsp3) is 0.0667. The minimum atomic E-state index is -0.280. The van der Waals surface area contributed by atoms with E-state index in [2.05, 4.69) is 10.3 Å². The van der Waals surface area contributed by atoms with Crippen molar-refractivity contribution >= 4 is 45.5 Å². The number of nitrogens with one attached hydrogen (secondary N) is 1. The molecule has 0 bridgehead atoms. The summed E-state index contributed by atoms with van der Waals surface area (Å²) in [7, 11) is 0. The van der Waals surface area contributed by atoms with E-state index in [1.165, 1.54) is 35.2 Å². The number of carbonyl (C=O) groups is 1. The number of aromatic nitrogens is 1. The first-order chi connectivity index (χ1) is 10.7. The fourth-order valence-electron chi connectivity index (χ4n) is 1.72. The molecular weight excluding hydrogens is 339 g/mol. The second kappa shape index (κ2) is 7.04. The van der Waals surface area contributed by atoms with Crippen LogP contribution in [0.15, 0.2) is 51.4 Å². The van der Waals surface area contributed by atoms with E-state index in [-0.39, 0.29) is 11.7 Å². The number of benzene rings is 1. The maximum Gasteiger partial charge on any atom is 0.236 e. The van der Waals surface area contributed by atoms with Gasteiger partial charge in [-0.25, -0.2) is 9.37 Å². The van der Waals surface area contributed by atoms with Crippen molar-refractivity contribution in [3.8, 4) is 11.3 Å². The number of halogens is 1. The van der Waals surface area contributed by atoms with Gasteiger partial charge in [0.05, 0.1) is 15.7 Å². The Hall–Kier alpha value is -1.70. The van der Waals surface area contributed by atoms with Gasteiger partial charge < -0.3 is 5.32 Å². The van der Waals surface area contributed by atoms with Crippen LogP contribution in [-0.2, 0) is 4.79 Å². The molecule has 112 valence electrons. The topological polar surface area (TPSA) is 42.0 Å². The lowest BCUT2D eigenvalue weighted by molar-refractivity contribution is -0.113. The lowest BCUT2D eigenvalue weighted by atomic mass is 10.2. The third-order valence-electron chi connectivity index (χ3n) is 2.73. The number of nitrogens with zero attached hydrogens (tertiary/aromatic N) is 1. The molecule has 1 N–H and O–H groups in total. The Morgan fingerprint density at radius 3 is 2.77 bits per heavy atom. The quantitative estimate of drug-likeness (QED) is 0.676. The summed E-state index contributed by atoms with van der Waals surface area (Å²) in [6, 6.07) is 10.1. The molecule has 1 amide bonds. The van der Waals surface area contributed by atoms with Crippen molar-refractivity contribution in [1.82, 2.24) is 4.98 Å². The van der Waals surface area contributed by atoms with Crippen LogP contribution < -0.4 is 5.32 Å². The second-order valence-corrected chi connectivity index (χ2v) is 7.40. The van der Waals surface area contributed by atoms with E-state index in [0.29, 0.717) is 10.9 Å². The van der Waals surface area contributed by atoms with Gasteiger partial charge in [-0.3, -0.25) is 4.79 Å². The molecule has 0 aliphatic carbocycles. The molecule has 3 rings (SSSR count). The Morgan fingerprint density at radius 1 is 1.23 bits per heavy atom. The summed E-state index contributed by atoms with van der Waals surface area (Å²) in [6.45, 7) is 0. The van der Waals surface area contributed by atoms with Crippen LogP contribution in [0, 0.1) is 5.82 Å². The number of rotatable bonds is 5. The number of anilines is 1. The minimum absolute atomic E-state index is 0.0848. The van der Waals surface area contributed by atoms with Gasteiger partial charge in [-0.1, -0.05) is 6.07 Å². The van der Waals surface area contributed by atoms with Crippen molar-refractivity contribution in [2.45, 2.75) is 4.21 Å². The summed E-state index contributed by atoms with van der Waals surface area (Å²) in [6.07, 6.45) is 0. The van der Waals surface area contributed by atoms with Crippen LogP contribution in [0.25, 0.3) is 11.3 Å². The van der Waals surface area contributed by atoms with Gasteiger partial charge in [0.2, 0.25) is 5.91 Å². The molecule has 3 nitrogen and oxygen atoms in total. The average Bonchev–Trinajstić information content (AvgIpc) is 3.17. The van der Waals surface area contributed by atoms with Crippen LogP contribution in [-0.4, -0.2) is 16.6 Å². The summed E-state index contributed by atoms with van der Waals surface area (Å²) in [5.41, 5.74) is 1.55. The molecule has 1 aromatic carbocycles. The summed E-state index contributed by atoms with van der Waals surface area (Å²) in [5.74, 6) is -0.0112. The van der Waals surface area contributed by atoms with Gasteiger partial charge in [0.15, 0.2) is 5.13 Å². The van der Waals surface area contributed by atoms with Crippen LogP contribution >= 0.6 is 34.4 Å². The normalized spacial score (nSPS) is 10.6. The van der Waals surface area contributed by atoms with Gasteiger partial charge in [0, 0.05) is 10.9 Å². The smallest absolute Gasteiger partial charge is 0.236 e. The number of carbonyl (C=O) groups excluding carboxylic acids is 1. The highest BCUT2D eigenvalue weighted by atomic mass is 32.2. The van der Waals surface area contributed by atoms with Crippen LogP contribution in [0.5, 0.6) is 0 Å². The van der Waals surface area contributed by atoms with Crippen LogP contribution in [0.3, 0.4) is 0 Å². The van der Waals surface area contributed by atoms with Crippen molar-refractivity contribution in [2.75, 3.05) is 11.1 Å². The molecule has 0 atom stereocenters. The monoisotopic (exact) mass is 350 g/mol. The van der Waals surface area contributed by atoms with E-state index in [0.717, 1.165) is 15.5 Å². The Bertz CT molecular complexity index is 753. The van der Waals surface area contributed by atoms with Crippen LogP contribution in [0.2, 0.25) is 0 Å². The molecule has 7 heteroatoms. The highest BCUT2D eigenvalue weighted by Gasteiger charge is 2.09. The summed E-state index contributed by atoms with van der Waals surface area (Å²) in [5, 5.41) is 7.16. The van der Waals surface area contributed by atoms with Crippen LogP contribution in [0.4, 0.5) is 9.52 Å². The Labute approximate surface area is 139 Å². The number of hydrogen-bond donors (Lipinski definition) is 1. The van der Waals surface area contributed by atoms with Gasteiger partial charge in [0.25, 0.3) is 0 Å². The molecule has 22 heavy (non-hydrogen) atoms. The number of thioether (sulfide) groups is 1. The first kappa shape index (κ1) is 15.2. The van der Waals surface area contributed by atoms with Gasteiger partial charge in [-0.2, -0.15) is 0 Å². The lowest BCUT2D eigenvalue weighted by Gasteiger charge is -2.00. The molecule has 0 fully saturated rings. The highest BCUT2D eigenvalue weighted by molar-refractivity contribution is 8.01. The van der Waals surface area contributed by atoms with Crippen molar-refractivity contribution in [1.29, 1.82) is 0 Å². The fourth-order valence-corrected chi connectivity index (χ4v) is 4.04. The molecule has 0 spiro atoms. The van der Waals surface area contributed by atoms with E-state index in [9.17, 15) is 9.18 Å². The third-order valence-corrected chi connectivity index (χ3v) is 5.62. The molecule has 0 saturated carbocycles. The Morgan fingerprint density at radius 2 is 2.05 bits per heavy atom. The Balaban J connectivity index is 1.59. The molecule has 0 aliphatic rings. The van der Waals surface area contributed by atoms with E-state index in [1.54, 1.807) is 23.5 Å². The molecule has 3 aromatic rings. The van der Waals surface area contributed by atoms with E-state index in [4.69, 9.17) is 0 Å². The summed E-state index contributed by atoms with van der Waals surface area (Å²) < 4.78 is 14.0. The first-order valence-corrected chi connectivity index (χ1v) is 9.13. The van der Waals surface area contributed by atoms with Gasteiger partial charge in [0.1, 0.15) is 5.82 Å². The number of amides is 1. The summed E-state index contributed by atoms with van der Waals surface area (Å²) >= 11 is 4.47. The average molecular weight is 350 g/mol. The molecule has 0 unspecified atom stereocenters. The number of hydrogen-bond acceptors (Lipinski definition) is 5. The highest BCUT2D eigenvalue weighted by Crippen LogP contribution is 2.26. The Kier molecular flexibility index (Phi) is 4.87. The van der Waals surface area contributed by atoms with Crippen molar-refractivity contribution < 1.29 is 9.18 Å². The molecule has 0 aliphatic heterocycles. The minimum Gasteiger partial charge on any atom is -0.301 e. The van der Waals surface area contributed by atoms with Gasteiger partial charge >= 0.3 is 0 Å². The lowest BCUT2D eigenvalue weighted by Crippen LogP contribution is -2.13. The molecule has 2 heterocycles. The molecule has 0 radical (unpaired) electrons. The van der Waals surface area contributed by atoms with Crippen LogP contribution in [0.1, 0.15) is 0 Å². The van der Waals surface area contributed by atoms with E-state index in [1.807, 2.05) is 22.9 Å². The van der Waals surface area contributed by atoms with E-state index >= 15 is 0 Å². The zero-order valence-corrected chi connectivity index (χ0v) is 13.7. The standard InChI is InChI=1S/C15H11FN2OS3/c16-11-5-3-10(4-6-11)12-8-22-15(17-12)18-13(19)9-21-14-2-1-7-20-14/h1-8H,9H2,(H,17,18,19). The second-order valence-electron chi connectivity index (χ2n) is 4.31. The SMILES string of the molecule is O=C(CSc1cccs1)Nc1nc(-c2ccc(F)cc2)cs1. The van der Waals surface area contributed by atoms with E-state index < -0.39 is 0 Å². The third kappa shape index (κ3) is 3.94. The van der Waals surface area contributed by atoms with Crippen molar-refractivity contribution in [2.24, 2.45) is 0 Å². The molecule has 2 aromatic heterocycles. The number of thiophene rings is 1. The number of thiazole rings is 1. The molecular formula is C15H11FN2OS3. The zero-order valence-electron chi connectivity index (χ0n) is 11.3. The largest absolute Gasteiger partial charge is 0.301 e. The molecule has 0 saturated heterocycles. The van der Waals surface area contributed by atoms with Gasteiger partial charge in [-0.05, 0) is 35.7 Å². The summed E-state index contributed by atoms with van der Waals surface area (Å²) in [4.78, 5) is 16.2. The van der Waals surface area contributed by atoms with Gasteiger partial charge in [-0.15, -0.1) is 34.4 Å². The maximum absolute atomic E-state index is 12.9. The predicted octanol–water partition coefficient (Wildman–Crippen LogP) is 4.74. The first-order valence-electron chi connectivity index (χ1n) is 6.38. The zero-order chi connectivity index (χ0) is 15.4. The maximum atomic E-state index is 12.9.